The average Bonchev–Trinajstić information content (AvgIpc) is 2.45. The molecule has 0 bridgehead atoms. The summed E-state index contributed by atoms with van der Waals surface area (Å²) in [5.74, 6) is 1.09. The van der Waals surface area contributed by atoms with Crippen LogP contribution in [0.25, 0.3) is 0 Å². The molecule has 1 unspecified atom stereocenters. The van der Waals surface area contributed by atoms with Crippen LogP contribution in [0.5, 0.6) is 0 Å². The lowest BCUT2D eigenvalue weighted by atomic mass is 9.87. The molecule has 4 nitrogen and oxygen atoms in total. The third kappa shape index (κ3) is 4.18. The summed E-state index contributed by atoms with van der Waals surface area (Å²) in [4.78, 5) is 9.34. The first-order chi connectivity index (χ1) is 9.49. The summed E-state index contributed by atoms with van der Waals surface area (Å²) in [6.45, 7) is 11.9. The number of hydrogen-bond acceptors (Lipinski definition) is 4. The summed E-state index contributed by atoms with van der Waals surface area (Å²) in [5, 5.41) is 0. The van der Waals surface area contributed by atoms with E-state index in [4.69, 9.17) is 5.73 Å². The maximum atomic E-state index is 5.99. The number of nitrogens with two attached hydrogens (primary N) is 1. The Bertz CT molecular complexity index is 391. The van der Waals surface area contributed by atoms with E-state index in [-0.39, 0.29) is 0 Å². The second kappa shape index (κ2) is 6.55. The molecular weight excluding hydrogens is 248 g/mol. The lowest BCUT2D eigenvalue weighted by Crippen LogP contribution is -2.53. The molecule has 2 rings (SSSR count). The minimum atomic E-state index is 0.335. The molecule has 1 aromatic heterocycles. The van der Waals surface area contributed by atoms with E-state index in [1.165, 1.54) is 0 Å². The van der Waals surface area contributed by atoms with Crippen molar-refractivity contribution in [3.05, 3.63) is 24.4 Å². The Morgan fingerprint density at radius 2 is 1.90 bits per heavy atom. The number of hydrogen-bond donors (Lipinski definition) is 1. The topological polar surface area (TPSA) is 45.4 Å². The fourth-order valence-corrected chi connectivity index (χ4v) is 2.93. The molecule has 4 heteroatoms. The van der Waals surface area contributed by atoms with Gasteiger partial charge in [0.2, 0.25) is 0 Å². The first-order valence-electron chi connectivity index (χ1n) is 7.60. The van der Waals surface area contributed by atoms with Crippen LogP contribution in [0.4, 0.5) is 5.82 Å². The van der Waals surface area contributed by atoms with E-state index in [9.17, 15) is 0 Å². The van der Waals surface area contributed by atoms with Crippen molar-refractivity contribution < 1.29 is 0 Å². The van der Waals surface area contributed by atoms with Gasteiger partial charge < -0.3 is 10.6 Å². The molecular formula is C16H28N4. The van der Waals surface area contributed by atoms with E-state index >= 15 is 0 Å². The molecule has 0 saturated carbocycles. The van der Waals surface area contributed by atoms with Gasteiger partial charge in [-0.3, -0.25) is 4.90 Å². The molecule has 0 aliphatic carbocycles. The predicted molar refractivity (Wildman–Crippen MR) is 84.9 cm³/mol. The fourth-order valence-electron chi connectivity index (χ4n) is 2.93. The molecule has 0 radical (unpaired) electrons. The van der Waals surface area contributed by atoms with Crippen LogP contribution >= 0.6 is 0 Å². The zero-order valence-electron chi connectivity index (χ0n) is 13.0. The molecule has 1 aromatic rings. The lowest BCUT2D eigenvalue weighted by Gasteiger charge is -2.41. The molecule has 2 heterocycles. The van der Waals surface area contributed by atoms with E-state index in [2.05, 4.69) is 47.7 Å². The van der Waals surface area contributed by atoms with E-state index in [0.29, 0.717) is 11.5 Å². The van der Waals surface area contributed by atoms with Gasteiger partial charge in [0, 0.05) is 45.0 Å². The number of pyridine rings is 1. The fraction of sp³-hybridized carbons (Fsp3) is 0.688. The van der Waals surface area contributed by atoms with Gasteiger partial charge in [-0.05, 0) is 24.0 Å². The normalized spacial score (nSPS) is 19.1. The third-order valence-corrected chi connectivity index (χ3v) is 3.92. The number of anilines is 1. The largest absolute Gasteiger partial charge is 0.354 e. The van der Waals surface area contributed by atoms with Crippen LogP contribution in [0.1, 0.15) is 27.2 Å². The van der Waals surface area contributed by atoms with E-state index in [1.807, 2.05) is 12.3 Å². The Kier molecular flexibility index (Phi) is 5.00. The molecule has 2 N–H and O–H groups in total. The first kappa shape index (κ1) is 15.3. The molecule has 1 aliphatic rings. The zero-order valence-corrected chi connectivity index (χ0v) is 13.0. The molecule has 1 fully saturated rings. The molecule has 112 valence electrons. The maximum absolute atomic E-state index is 5.99. The van der Waals surface area contributed by atoms with E-state index in [0.717, 1.165) is 45.0 Å². The first-order valence-corrected chi connectivity index (χ1v) is 7.60. The highest BCUT2D eigenvalue weighted by Gasteiger charge is 2.26. The third-order valence-electron chi connectivity index (χ3n) is 3.92. The van der Waals surface area contributed by atoms with Crippen LogP contribution in [0.15, 0.2) is 24.4 Å². The van der Waals surface area contributed by atoms with Gasteiger partial charge in [-0.1, -0.05) is 26.8 Å². The molecule has 1 aliphatic heterocycles. The number of aromatic nitrogens is 1. The molecule has 0 aromatic carbocycles. The van der Waals surface area contributed by atoms with Crippen LogP contribution in [-0.4, -0.2) is 48.6 Å². The Labute approximate surface area is 123 Å². The van der Waals surface area contributed by atoms with Crippen LogP contribution in [0.2, 0.25) is 0 Å². The van der Waals surface area contributed by atoms with Gasteiger partial charge in [0.15, 0.2) is 0 Å². The van der Waals surface area contributed by atoms with Crippen molar-refractivity contribution in [1.29, 1.82) is 0 Å². The average molecular weight is 276 g/mol. The standard InChI is InChI=1S/C16H28N4/c1-16(2,3)12-14(13-17)19-8-10-20(11-9-19)15-6-4-5-7-18-15/h4-7,14H,8-13,17H2,1-3H3. The van der Waals surface area contributed by atoms with Crippen LogP contribution in [0.3, 0.4) is 0 Å². The summed E-state index contributed by atoms with van der Waals surface area (Å²) < 4.78 is 0. The molecule has 0 amide bonds. The van der Waals surface area contributed by atoms with E-state index in [1.54, 1.807) is 0 Å². The Balaban J connectivity index is 1.90. The Hall–Kier alpha value is -1.13. The summed E-state index contributed by atoms with van der Waals surface area (Å²) in [7, 11) is 0. The smallest absolute Gasteiger partial charge is 0.128 e. The summed E-state index contributed by atoms with van der Waals surface area (Å²) in [5.41, 5.74) is 6.32. The lowest BCUT2D eigenvalue weighted by molar-refractivity contribution is 0.145. The van der Waals surface area contributed by atoms with Crippen molar-refractivity contribution in [2.45, 2.75) is 33.2 Å². The van der Waals surface area contributed by atoms with Gasteiger partial charge in [-0.25, -0.2) is 4.98 Å². The summed E-state index contributed by atoms with van der Waals surface area (Å²) >= 11 is 0. The van der Waals surface area contributed by atoms with Crippen molar-refractivity contribution in [1.82, 2.24) is 9.88 Å². The van der Waals surface area contributed by atoms with Gasteiger partial charge in [0.25, 0.3) is 0 Å². The van der Waals surface area contributed by atoms with Gasteiger partial charge in [-0.15, -0.1) is 0 Å². The van der Waals surface area contributed by atoms with Gasteiger partial charge >= 0.3 is 0 Å². The Morgan fingerprint density at radius 1 is 1.20 bits per heavy atom. The number of nitrogens with zero attached hydrogens (tertiary/aromatic N) is 3. The monoisotopic (exact) mass is 276 g/mol. The van der Waals surface area contributed by atoms with Gasteiger partial charge in [0.1, 0.15) is 5.82 Å². The van der Waals surface area contributed by atoms with Crippen LogP contribution in [0, 0.1) is 5.41 Å². The molecule has 1 saturated heterocycles. The second-order valence-electron chi connectivity index (χ2n) is 6.87. The highest BCUT2D eigenvalue weighted by Crippen LogP contribution is 2.24. The molecule has 1 atom stereocenters. The summed E-state index contributed by atoms with van der Waals surface area (Å²) in [6.07, 6.45) is 3.02. The summed E-state index contributed by atoms with van der Waals surface area (Å²) in [6, 6.07) is 6.61. The molecule has 0 spiro atoms. The molecule has 20 heavy (non-hydrogen) atoms. The Morgan fingerprint density at radius 3 is 2.40 bits per heavy atom. The maximum Gasteiger partial charge on any atom is 0.128 e. The van der Waals surface area contributed by atoms with Crippen molar-refractivity contribution in [3.8, 4) is 0 Å². The van der Waals surface area contributed by atoms with Crippen molar-refractivity contribution in [2.75, 3.05) is 37.6 Å². The van der Waals surface area contributed by atoms with Gasteiger partial charge in [-0.2, -0.15) is 0 Å². The van der Waals surface area contributed by atoms with Gasteiger partial charge in [0.05, 0.1) is 0 Å². The van der Waals surface area contributed by atoms with Crippen molar-refractivity contribution in [3.63, 3.8) is 0 Å². The quantitative estimate of drug-likeness (QED) is 0.913. The van der Waals surface area contributed by atoms with Crippen LogP contribution < -0.4 is 10.6 Å². The SMILES string of the molecule is CC(C)(C)CC(CN)N1CCN(c2ccccn2)CC1. The minimum Gasteiger partial charge on any atom is -0.354 e. The second-order valence-corrected chi connectivity index (χ2v) is 6.87. The van der Waals surface area contributed by atoms with Crippen LogP contribution in [-0.2, 0) is 0 Å². The number of rotatable bonds is 4. The minimum absolute atomic E-state index is 0.335. The predicted octanol–water partition coefficient (Wildman–Crippen LogP) is 1.97. The van der Waals surface area contributed by atoms with Crippen molar-refractivity contribution in [2.24, 2.45) is 11.1 Å². The van der Waals surface area contributed by atoms with E-state index < -0.39 is 0 Å². The highest BCUT2D eigenvalue weighted by molar-refractivity contribution is 5.38. The highest BCUT2D eigenvalue weighted by atomic mass is 15.3. The zero-order chi connectivity index (χ0) is 14.6. The van der Waals surface area contributed by atoms with Crippen molar-refractivity contribution >= 4 is 5.82 Å². The number of piperazine rings is 1.